The molecule has 6 heteroatoms. The first-order valence-corrected chi connectivity index (χ1v) is 8.06. The van der Waals surface area contributed by atoms with Gasteiger partial charge in [0, 0.05) is 36.7 Å². The van der Waals surface area contributed by atoms with Crippen LogP contribution in [0.15, 0.2) is 48.8 Å². The first-order chi connectivity index (χ1) is 11.6. The van der Waals surface area contributed by atoms with Gasteiger partial charge in [0.15, 0.2) is 0 Å². The summed E-state index contributed by atoms with van der Waals surface area (Å²) in [6, 6.07) is 10.6. The van der Waals surface area contributed by atoms with E-state index < -0.39 is 6.04 Å². The fourth-order valence-electron chi connectivity index (χ4n) is 2.69. The fraction of sp³-hybridized carbons (Fsp3) is 0.333. The molecule has 2 heterocycles. The lowest BCUT2D eigenvalue weighted by Gasteiger charge is -2.29. The van der Waals surface area contributed by atoms with Crippen LogP contribution in [0.2, 0.25) is 0 Å². The van der Waals surface area contributed by atoms with Crippen molar-refractivity contribution in [1.29, 1.82) is 0 Å². The van der Waals surface area contributed by atoms with Crippen LogP contribution in [-0.4, -0.2) is 53.6 Å². The van der Waals surface area contributed by atoms with Crippen LogP contribution in [-0.2, 0) is 9.53 Å². The zero-order chi connectivity index (χ0) is 16.9. The smallest absolute Gasteiger partial charge is 0.251 e. The number of hydrogen-bond acceptors (Lipinski definition) is 3. The molecule has 1 fully saturated rings. The van der Waals surface area contributed by atoms with E-state index in [1.807, 2.05) is 41.2 Å². The molecule has 0 bridgehead atoms. The van der Waals surface area contributed by atoms with Gasteiger partial charge in [-0.15, -0.1) is 0 Å². The van der Waals surface area contributed by atoms with Crippen LogP contribution in [0.4, 0.5) is 0 Å². The van der Waals surface area contributed by atoms with Crippen molar-refractivity contribution >= 4 is 11.8 Å². The van der Waals surface area contributed by atoms with E-state index in [1.54, 1.807) is 24.0 Å². The Morgan fingerprint density at radius 1 is 1.08 bits per heavy atom. The maximum Gasteiger partial charge on any atom is 0.251 e. The standard InChI is InChI=1S/C18H21N3O3/c1-14(18(23)21-10-12-24-13-11-21)19-17(22)15-4-6-16(7-5-15)20-8-2-3-9-20/h2-9,14H,10-13H2,1H3,(H,19,22). The van der Waals surface area contributed by atoms with Gasteiger partial charge >= 0.3 is 0 Å². The molecule has 1 saturated heterocycles. The normalized spacial score (nSPS) is 15.8. The molecule has 1 unspecified atom stereocenters. The number of carbonyl (C=O) groups is 2. The quantitative estimate of drug-likeness (QED) is 0.924. The molecule has 0 aliphatic carbocycles. The Morgan fingerprint density at radius 3 is 2.33 bits per heavy atom. The minimum absolute atomic E-state index is 0.0735. The summed E-state index contributed by atoms with van der Waals surface area (Å²) < 4.78 is 7.20. The summed E-state index contributed by atoms with van der Waals surface area (Å²) in [4.78, 5) is 26.4. The predicted octanol–water partition coefficient (Wildman–Crippen LogP) is 1.45. The third-order valence-corrected chi connectivity index (χ3v) is 4.07. The highest BCUT2D eigenvalue weighted by Crippen LogP contribution is 2.10. The lowest BCUT2D eigenvalue weighted by molar-refractivity contribution is -0.136. The third kappa shape index (κ3) is 3.65. The molecule has 1 aromatic carbocycles. The summed E-state index contributed by atoms with van der Waals surface area (Å²) in [6.45, 7) is 3.96. The summed E-state index contributed by atoms with van der Waals surface area (Å²) >= 11 is 0. The van der Waals surface area contributed by atoms with E-state index >= 15 is 0 Å². The highest BCUT2D eigenvalue weighted by molar-refractivity contribution is 5.97. The lowest BCUT2D eigenvalue weighted by Crippen LogP contribution is -2.50. The van der Waals surface area contributed by atoms with Crippen LogP contribution >= 0.6 is 0 Å². The first-order valence-electron chi connectivity index (χ1n) is 8.06. The van der Waals surface area contributed by atoms with Crippen molar-refractivity contribution in [3.8, 4) is 5.69 Å². The molecule has 0 saturated carbocycles. The van der Waals surface area contributed by atoms with E-state index in [0.29, 0.717) is 31.9 Å². The van der Waals surface area contributed by atoms with Crippen molar-refractivity contribution < 1.29 is 14.3 Å². The lowest BCUT2D eigenvalue weighted by atomic mass is 10.1. The van der Waals surface area contributed by atoms with Crippen LogP contribution in [0.3, 0.4) is 0 Å². The van der Waals surface area contributed by atoms with Crippen molar-refractivity contribution in [2.75, 3.05) is 26.3 Å². The minimum atomic E-state index is -0.556. The maximum absolute atomic E-state index is 12.3. The molecule has 1 aromatic heterocycles. The van der Waals surface area contributed by atoms with Crippen molar-refractivity contribution in [3.05, 3.63) is 54.4 Å². The van der Waals surface area contributed by atoms with Gasteiger partial charge in [-0.25, -0.2) is 0 Å². The molecule has 1 aliphatic heterocycles. The predicted molar refractivity (Wildman–Crippen MR) is 90.1 cm³/mol. The number of carbonyl (C=O) groups excluding carboxylic acids is 2. The molecular formula is C18H21N3O3. The molecule has 2 aromatic rings. The molecule has 1 atom stereocenters. The summed E-state index contributed by atoms with van der Waals surface area (Å²) in [7, 11) is 0. The number of hydrogen-bond donors (Lipinski definition) is 1. The van der Waals surface area contributed by atoms with Crippen LogP contribution in [0.25, 0.3) is 5.69 Å². The number of benzene rings is 1. The molecule has 2 amide bonds. The van der Waals surface area contributed by atoms with Gasteiger partial charge in [-0.05, 0) is 43.3 Å². The number of rotatable bonds is 4. The maximum atomic E-state index is 12.3. The van der Waals surface area contributed by atoms with Gasteiger partial charge in [0.2, 0.25) is 5.91 Å². The Kier molecular flexibility index (Phi) is 4.96. The Morgan fingerprint density at radius 2 is 1.71 bits per heavy atom. The van der Waals surface area contributed by atoms with E-state index in [2.05, 4.69) is 5.32 Å². The average Bonchev–Trinajstić information content (AvgIpc) is 3.16. The second-order valence-electron chi connectivity index (χ2n) is 5.77. The molecule has 126 valence electrons. The molecular weight excluding hydrogens is 306 g/mol. The molecule has 24 heavy (non-hydrogen) atoms. The van der Waals surface area contributed by atoms with Crippen LogP contribution < -0.4 is 5.32 Å². The summed E-state index contributed by atoms with van der Waals surface area (Å²) in [5.74, 6) is -0.321. The Balaban J connectivity index is 1.60. The highest BCUT2D eigenvalue weighted by Gasteiger charge is 2.23. The SMILES string of the molecule is CC(NC(=O)c1ccc(-n2cccc2)cc1)C(=O)N1CCOCC1. The van der Waals surface area contributed by atoms with Gasteiger partial charge < -0.3 is 19.5 Å². The van der Waals surface area contributed by atoms with E-state index in [9.17, 15) is 9.59 Å². The number of morpholine rings is 1. The Bertz CT molecular complexity index is 689. The molecule has 0 radical (unpaired) electrons. The molecule has 0 spiro atoms. The van der Waals surface area contributed by atoms with Gasteiger partial charge in [0.05, 0.1) is 13.2 Å². The summed E-state index contributed by atoms with van der Waals surface area (Å²) in [5, 5.41) is 2.77. The van der Waals surface area contributed by atoms with E-state index in [4.69, 9.17) is 4.74 Å². The molecule has 3 rings (SSSR count). The van der Waals surface area contributed by atoms with Gasteiger partial charge in [0.1, 0.15) is 6.04 Å². The van der Waals surface area contributed by atoms with Crippen LogP contribution in [0.5, 0.6) is 0 Å². The second-order valence-corrected chi connectivity index (χ2v) is 5.77. The second kappa shape index (κ2) is 7.31. The van der Waals surface area contributed by atoms with E-state index in [0.717, 1.165) is 5.69 Å². The summed E-state index contributed by atoms with van der Waals surface area (Å²) in [5.41, 5.74) is 1.52. The molecule has 1 N–H and O–H groups in total. The van der Waals surface area contributed by atoms with Crippen molar-refractivity contribution in [2.24, 2.45) is 0 Å². The van der Waals surface area contributed by atoms with Crippen LogP contribution in [0, 0.1) is 0 Å². The van der Waals surface area contributed by atoms with E-state index in [1.165, 1.54) is 0 Å². The zero-order valence-corrected chi connectivity index (χ0v) is 13.6. The largest absolute Gasteiger partial charge is 0.378 e. The summed E-state index contributed by atoms with van der Waals surface area (Å²) in [6.07, 6.45) is 3.89. The average molecular weight is 327 g/mol. The Hall–Kier alpha value is -2.60. The molecule has 1 aliphatic rings. The number of nitrogens with zero attached hydrogens (tertiary/aromatic N) is 2. The zero-order valence-electron chi connectivity index (χ0n) is 13.6. The minimum Gasteiger partial charge on any atom is -0.378 e. The van der Waals surface area contributed by atoms with Gasteiger partial charge in [-0.2, -0.15) is 0 Å². The monoisotopic (exact) mass is 327 g/mol. The van der Waals surface area contributed by atoms with Gasteiger partial charge in [-0.1, -0.05) is 0 Å². The van der Waals surface area contributed by atoms with E-state index in [-0.39, 0.29) is 11.8 Å². The number of aromatic nitrogens is 1. The van der Waals surface area contributed by atoms with Gasteiger partial charge in [-0.3, -0.25) is 9.59 Å². The van der Waals surface area contributed by atoms with Gasteiger partial charge in [0.25, 0.3) is 5.91 Å². The number of amides is 2. The fourth-order valence-corrected chi connectivity index (χ4v) is 2.69. The van der Waals surface area contributed by atoms with Crippen molar-refractivity contribution in [3.63, 3.8) is 0 Å². The van der Waals surface area contributed by atoms with Crippen LogP contribution in [0.1, 0.15) is 17.3 Å². The number of ether oxygens (including phenoxy) is 1. The Labute approximate surface area is 141 Å². The highest BCUT2D eigenvalue weighted by atomic mass is 16.5. The third-order valence-electron chi connectivity index (χ3n) is 4.07. The van der Waals surface area contributed by atoms with Crippen molar-refractivity contribution in [1.82, 2.24) is 14.8 Å². The first kappa shape index (κ1) is 16.3. The number of nitrogens with one attached hydrogen (secondary N) is 1. The van der Waals surface area contributed by atoms with Crippen molar-refractivity contribution in [2.45, 2.75) is 13.0 Å². The molecule has 6 nitrogen and oxygen atoms in total. The topological polar surface area (TPSA) is 63.6 Å².